The SMILES string of the molecule is CCC1(Cn2c(CCCl)nc3c(F)cccc32)CCCC1. The molecule has 0 spiro atoms. The molecule has 2 nitrogen and oxygen atoms in total. The number of benzene rings is 1. The van der Waals surface area contributed by atoms with Crippen molar-refractivity contribution in [3.05, 3.63) is 29.8 Å². The molecule has 1 heterocycles. The summed E-state index contributed by atoms with van der Waals surface area (Å²) in [5, 5.41) is 0. The van der Waals surface area contributed by atoms with Crippen LogP contribution in [0, 0.1) is 11.2 Å². The number of hydrogen-bond acceptors (Lipinski definition) is 1. The summed E-state index contributed by atoms with van der Waals surface area (Å²) in [7, 11) is 0. The number of aryl methyl sites for hydroxylation is 1. The lowest BCUT2D eigenvalue weighted by molar-refractivity contribution is 0.238. The second-order valence-electron chi connectivity index (χ2n) is 6.22. The van der Waals surface area contributed by atoms with Gasteiger partial charge in [-0.15, -0.1) is 11.6 Å². The van der Waals surface area contributed by atoms with Gasteiger partial charge in [0, 0.05) is 18.8 Å². The van der Waals surface area contributed by atoms with Crippen LogP contribution in [0.3, 0.4) is 0 Å². The molecule has 2 aromatic rings. The van der Waals surface area contributed by atoms with Crippen molar-refractivity contribution < 1.29 is 4.39 Å². The molecule has 1 saturated carbocycles. The molecule has 0 amide bonds. The van der Waals surface area contributed by atoms with Gasteiger partial charge < -0.3 is 4.57 Å². The van der Waals surface area contributed by atoms with Gasteiger partial charge in [0.15, 0.2) is 5.82 Å². The number of nitrogens with zero attached hydrogens (tertiary/aromatic N) is 2. The van der Waals surface area contributed by atoms with E-state index >= 15 is 0 Å². The van der Waals surface area contributed by atoms with Gasteiger partial charge >= 0.3 is 0 Å². The molecule has 1 aliphatic carbocycles. The van der Waals surface area contributed by atoms with E-state index in [0.717, 1.165) is 17.9 Å². The molecule has 0 aliphatic heterocycles. The Kier molecular flexibility index (Phi) is 4.21. The molecule has 114 valence electrons. The minimum Gasteiger partial charge on any atom is -0.327 e. The first kappa shape index (κ1) is 14.8. The molecule has 0 unspecified atom stereocenters. The van der Waals surface area contributed by atoms with Crippen molar-refractivity contribution >= 4 is 22.6 Å². The number of rotatable bonds is 5. The van der Waals surface area contributed by atoms with Gasteiger partial charge in [0.2, 0.25) is 0 Å². The summed E-state index contributed by atoms with van der Waals surface area (Å²) in [6, 6.07) is 5.23. The molecule has 0 N–H and O–H groups in total. The van der Waals surface area contributed by atoms with Gasteiger partial charge in [0.25, 0.3) is 0 Å². The van der Waals surface area contributed by atoms with E-state index in [9.17, 15) is 4.39 Å². The topological polar surface area (TPSA) is 17.8 Å². The molecule has 0 bridgehead atoms. The molecule has 4 heteroatoms. The van der Waals surface area contributed by atoms with Crippen molar-refractivity contribution in [1.29, 1.82) is 0 Å². The molecule has 1 aromatic carbocycles. The Balaban J connectivity index is 2.06. The highest BCUT2D eigenvalue weighted by molar-refractivity contribution is 6.17. The summed E-state index contributed by atoms with van der Waals surface area (Å²) >= 11 is 5.91. The van der Waals surface area contributed by atoms with Crippen LogP contribution >= 0.6 is 11.6 Å². The third kappa shape index (κ3) is 2.68. The van der Waals surface area contributed by atoms with Crippen LogP contribution in [-0.2, 0) is 13.0 Å². The fourth-order valence-corrected chi connectivity index (χ4v) is 3.87. The fourth-order valence-electron chi connectivity index (χ4n) is 3.70. The first-order chi connectivity index (χ1) is 10.2. The van der Waals surface area contributed by atoms with Crippen molar-refractivity contribution in [2.45, 2.75) is 52.0 Å². The van der Waals surface area contributed by atoms with Gasteiger partial charge in [0.05, 0.1) is 5.52 Å². The Hall–Kier alpha value is -1.09. The largest absolute Gasteiger partial charge is 0.327 e. The number of hydrogen-bond donors (Lipinski definition) is 0. The van der Waals surface area contributed by atoms with Crippen molar-refractivity contribution in [3.8, 4) is 0 Å². The zero-order valence-electron chi connectivity index (χ0n) is 12.5. The normalized spacial score (nSPS) is 17.7. The molecule has 1 aromatic heterocycles. The zero-order chi connectivity index (χ0) is 14.9. The predicted octanol–water partition coefficient (Wildman–Crippen LogP) is 4.93. The number of imidazole rings is 1. The van der Waals surface area contributed by atoms with Crippen LogP contribution in [0.2, 0.25) is 0 Å². The Labute approximate surface area is 130 Å². The summed E-state index contributed by atoms with van der Waals surface area (Å²) in [6.45, 7) is 3.21. The van der Waals surface area contributed by atoms with Crippen LogP contribution in [0.4, 0.5) is 4.39 Å². The predicted molar refractivity (Wildman–Crippen MR) is 85.3 cm³/mol. The number of para-hydroxylation sites is 1. The van der Waals surface area contributed by atoms with Gasteiger partial charge in [-0.25, -0.2) is 9.37 Å². The Morgan fingerprint density at radius 1 is 1.33 bits per heavy atom. The summed E-state index contributed by atoms with van der Waals surface area (Å²) in [6.07, 6.45) is 6.99. The standard InChI is InChI=1S/C17H22ClFN2/c1-2-17(9-3-4-10-17)12-21-14-7-5-6-13(19)16(14)20-15(21)8-11-18/h5-7H,2-4,8-12H2,1H3. The van der Waals surface area contributed by atoms with E-state index in [-0.39, 0.29) is 5.82 Å². The van der Waals surface area contributed by atoms with Gasteiger partial charge in [0.1, 0.15) is 11.3 Å². The Morgan fingerprint density at radius 3 is 2.76 bits per heavy atom. The maximum atomic E-state index is 14.0. The monoisotopic (exact) mass is 308 g/mol. The van der Waals surface area contributed by atoms with E-state index in [1.165, 1.54) is 38.2 Å². The zero-order valence-corrected chi connectivity index (χ0v) is 13.3. The van der Waals surface area contributed by atoms with Crippen LogP contribution in [0.1, 0.15) is 44.9 Å². The molecule has 0 saturated heterocycles. The lowest BCUT2D eigenvalue weighted by Crippen LogP contribution is -2.24. The highest BCUT2D eigenvalue weighted by Crippen LogP contribution is 2.43. The molecular weight excluding hydrogens is 287 g/mol. The maximum absolute atomic E-state index is 14.0. The summed E-state index contributed by atoms with van der Waals surface area (Å²) in [5.74, 6) is 1.20. The van der Waals surface area contributed by atoms with Gasteiger partial charge in [-0.3, -0.25) is 0 Å². The maximum Gasteiger partial charge on any atom is 0.151 e. The summed E-state index contributed by atoms with van der Waals surface area (Å²) < 4.78 is 16.2. The highest BCUT2D eigenvalue weighted by Gasteiger charge is 2.33. The summed E-state index contributed by atoms with van der Waals surface area (Å²) in [4.78, 5) is 4.51. The molecule has 1 fully saturated rings. The minimum atomic E-state index is -0.237. The number of aromatic nitrogens is 2. The quantitative estimate of drug-likeness (QED) is 0.716. The lowest BCUT2D eigenvalue weighted by Gasteiger charge is -2.29. The number of halogens is 2. The van der Waals surface area contributed by atoms with Gasteiger partial charge in [-0.1, -0.05) is 25.8 Å². The van der Waals surface area contributed by atoms with Crippen LogP contribution in [-0.4, -0.2) is 15.4 Å². The van der Waals surface area contributed by atoms with E-state index in [4.69, 9.17) is 11.6 Å². The third-order valence-electron chi connectivity index (χ3n) is 5.03. The number of alkyl halides is 1. The molecule has 3 rings (SSSR count). The highest BCUT2D eigenvalue weighted by atomic mass is 35.5. The van der Waals surface area contributed by atoms with Crippen LogP contribution in [0.25, 0.3) is 11.0 Å². The van der Waals surface area contributed by atoms with Gasteiger partial charge in [-0.2, -0.15) is 0 Å². The van der Waals surface area contributed by atoms with E-state index in [1.54, 1.807) is 6.07 Å². The Bertz CT molecular complexity index is 629. The first-order valence-electron chi connectivity index (χ1n) is 7.89. The van der Waals surface area contributed by atoms with Crippen LogP contribution < -0.4 is 0 Å². The average molecular weight is 309 g/mol. The van der Waals surface area contributed by atoms with Crippen LogP contribution in [0.15, 0.2) is 18.2 Å². The van der Waals surface area contributed by atoms with E-state index in [0.29, 0.717) is 23.2 Å². The summed E-state index contributed by atoms with van der Waals surface area (Å²) in [5.41, 5.74) is 1.75. The molecule has 0 radical (unpaired) electrons. The molecule has 1 aliphatic rings. The van der Waals surface area contributed by atoms with Crippen molar-refractivity contribution in [3.63, 3.8) is 0 Å². The lowest BCUT2D eigenvalue weighted by atomic mass is 9.83. The van der Waals surface area contributed by atoms with Crippen molar-refractivity contribution in [1.82, 2.24) is 9.55 Å². The first-order valence-corrected chi connectivity index (χ1v) is 8.42. The van der Waals surface area contributed by atoms with Crippen LogP contribution in [0.5, 0.6) is 0 Å². The molecule has 0 atom stereocenters. The Morgan fingerprint density at radius 2 is 2.10 bits per heavy atom. The number of fused-ring (bicyclic) bond motifs is 1. The van der Waals surface area contributed by atoms with E-state index in [1.807, 2.05) is 6.07 Å². The molecule has 21 heavy (non-hydrogen) atoms. The second kappa shape index (κ2) is 5.96. The fraction of sp³-hybridized carbons (Fsp3) is 0.588. The second-order valence-corrected chi connectivity index (χ2v) is 6.60. The van der Waals surface area contributed by atoms with Crippen molar-refractivity contribution in [2.24, 2.45) is 5.41 Å². The van der Waals surface area contributed by atoms with E-state index < -0.39 is 0 Å². The average Bonchev–Trinajstić information content (AvgIpc) is 3.08. The third-order valence-corrected chi connectivity index (χ3v) is 5.22. The minimum absolute atomic E-state index is 0.237. The molecular formula is C17H22ClFN2. The van der Waals surface area contributed by atoms with E-state index in [2.05, 4.69) is 16.5 Å². The smallest absolute Gasteiger partial charge is 0.151 e. The van der Waals surface area contributed by atoms with Gasteiger partial charge in [-0.05, 0) is 36.8 Å². The van der Waals surface area contributed by atoms with Crippen molar-refractivity contribution in [2.75, 3.05) is 5.88 Å².